The Morgan fingerprint density at radius 2 is 1.46 bits per heavy atom. The number of aromatic nitrogens is 2. The van der Waals surface area contributed by atoms with Crippen molar-refractivity contribution < 1.29 is 4.79 Å². The van der Waals surface area contributed by atoms with E-state index in [0.29, 0.717) is 28.8 Å². The van der Waals surface area contributed by atoms with E-state index in [2.05, 4.69) is 24.9 Å². The molecule has 39 heavy (non-hydrogen) atoms. The van der Waals surface area contributed by atoms with Crippen molar-refractivity contribution in [1.29, 1.82) is 0 Å². The minimum Gasteiger partial charge on any atom is -0.368 e. The molecule has 0 N–H and O–H groups in total. The third kappa shape index (κ3) is 6.27. The highest BCUT2D eigenvalue weighted by atomic mass is 35.5. The van der Waals surface area contributed by atoms with E-state index in [1.54, 1.807) is 0 Å². The van der Waals surface area contributed by atoms with Crippen molar-refractivity contribution in [2.24, 2.45) is 0 Å². The second kappa shape index (κ2) is 12.2. The molecule has 1 aliphatic heterocycles. The zero-order valence-electron chi connectivity index (χ0n) is 22.2. The lowest BCUT2D eigenvalue weighted by Gasteiger charge is -2.37. The number of likely N-dealkylation sites (N-methyl/N-ethyl adjacent to an activating group) is 1. The van der Waals surface area contributed by atoms with Crippen molar-refractivity contribution in [1.82, 2.24) is 20.0 Å². The van der Waals surface area contributed by atoms with E-state index in [1.165, 1.54) is 0 Å². The molecule has 7 nitrogen and oxygen atoms in total. The summed E-state index contributed by atoms with van der Waals surface area (Å²) in [6.45, 7) is 5.03. The highest BCUT2D eigenvalue weighted by Gasteiger charge is 2.25. The second-order valence-electron chi connectivity index (χ2n) is 10.0. The predicted octanol–water partition coefficient (Wildman–Crippen LogP) is 5.47. The highest BCUT2D eigenvalue weighted by Crippen LogP contribution is 2.30. The van der Waals surface area contributed by atoms with Gasteiger partial charge in [-0.15, -0.1) is 10.2 Å². The Morgan fingerprint density at radius 3 is 2.15 bits per heavy atom. The number of nitrogens with zero attached hydrogens (tertiary/aromatic N) is 6. The number of carbonyl (C=O) groups excluding carboxylic acids is 1. The molecule has 1 saturated heterocycles. The van der Waals surface area contributed by atoms with Gasteiger partial charge in [0.25, 0.3) is 5.91 Å². The maximum Gasteiger partial charge on any atom is 0.275 e. The molecular formula is C30H32Cl2N6O. The first-order chi connectivity index (χ1) is 18.9. The van der Waals surface area contributed by atoms with E-state index in [0.717, 1.165) is 60.6 Å². The number of hydrogen-bond acceptors (Lipinski definition) is 6. The van der Waals surface area contributed by atoms with Gasteiger partial charge in [0.1, 0.15) is 0 Å². The van der Waals surface area contributed by atoms with E-state index in [-0.39, 0.29) is 5.91 Å². The molecule has 1 fully saturated rings. The third-order valence-corrected chi connectivity index (χ3v) is 7.78. The van der Waals surface area contributed by atoms with Crippen LogP contribution >= 0.6 is 23.2 Å². The number of carbonyl (C=O) groups is 1. The summed E-state index contributed by atoms with van der Waals surface area (Å²) in [5, 5.41) is 12.0. The van der Waals surface area contributed by atoms with Crippen LogP contribution in [0, 0.1) is 0 Å². The Morgan fingerprint density at radius 1 is 0.795 bits per heavy atom. The van der Waals surface area contributed by atoms with Crippen LogP contribution in [0.5, 0.6) is 0 Å². The maximum atomic E-state index is 13.9. The summed E-state index contributed by atoms with van der Waals surface area (Å²) in [7, 11) is 4.02. The molecule has 2 heterocycles. The number of hydrogen-bond donors (Lipinski definition) is 0. The van der Waals surface area contributed by atoms with Crippen molar-refractivity contribution in [3.63, 3.8) is 0 Å². The van der Waals surface area contributed by atoms with Crippen molar-refractivity contribution >= 4 is 51.4 Å². The summed E-state index contributed by atoms with van der Waals surface area (Å²) in [6.07, 6.45) is 0. The van der Waals surface area contributed by atoms with Gasteiger partial charge in [0, 0.05) is 62.3 Å². The smallest absolute Gasteiger partial charge is 0.275 e. The summed E-state index contributed by atoms with van der Waals surface area (Å²) in [5.41, 5.74) is 2.52. The van der Waals surface area contributed by atoms with Crippen LogP contribution in [0.1, 0.15) is 16.1 Å². The highest BCUT2D eigenvalue weighted by molar-refractivity contribution is 6.42. The van der Waals surface area contributed by atoms with Gasteiger partial charge in [-0.25, -0.2) is 0 Å². The normalized spacial score (nSPS) is 13.8. The van der Waals surface area contributed by atoms with Crippen LogP contribution in [0.2, 0.25) is 10.0 Å². The fourth-order valence-corrected chi connectivity index (χ4v) is 5.16. The first kappa shape index (κ1) is 27.2. The SMILES string of the molecule is CN(C)CCN(Cc1ccccc1)C(=O)c1nnc(N2CCN(c3ccc(Cl)c(Cl)c3)CC2)c2ccccc12. The van der Waals surface area contributed by atoms with E-state index in [1.807, 2.05) is 91.8 Å². The molecule has 0 atom stereocenters. The van der Waals surface area contributed by atoms with Crippen molar-refractivity contribution in [3.05, 3.63) is 94.1 Å². The molecule has 4 aromatic rings. The summed E-state index contributed by atoms with van der Waals surface area (Å²) >= 11 is 12.3. The standard InChI is InChI=1S/C30H32Cl2N6O/c1-35(2)14-15-38(21-22-8-4-3-5-9-22)30(39)28-24-10-6-7-11-25(24)29(34-33-28)37-18-16-36(17-19-37)23-12-13-26(31)27(32)20-23/h3-13,20H,14-19,21H2,1-2H3. The molecule has 0 aliphatic carbocycles. The fourth-order valence-electron chi connectivity index (χ4n) is 4.87. The lowest BCUT2D eigenvalue weighted by molar-refractivity contribution is 0.0727. The molecule has 0 unspecified atom stereocenters. The molecule has 9 heteroatoms. The number of fused-ring (bicyclic) bond motifs is 1. The Kier molecular flexibility index (Phi) is 8.50. The zero-order chi connectivity index (χ0) is 27.4. The average Bonchev–Trinajstić information content (AvgIpc) is 2.96. The van der Waals surface area contributed by atoms with Crippen LogP contribution < -0.4 is 9.80 Å². The number of rotatable bonds is 8. The van der Waals surface area contributed by atoms with Gasteiger partial charge in [-0.3, -0.25) is 4.79 Å². The van der Waals surface area contributed by atoms with Crippen LogP contribution in [-0.4, -0.2) is 79.3 Å². The van der Waals surface area contributed by atoms with Crippen molar-refractivity contribution in [2.45, 2.75) is 6.54 Å². The quantitative estimate of drug-likeness (QED) is 0.284. The molecule has 0 saturated carbocycles. The number of benzene rings is 3. The maximum absolute atomic E-state index is 13.9. The molecular weight excluding hydrogens is 531 g/mol. The van der Waals surface area contributed by atoms with Gasteiger partial charge in [-0.1, -0.05) is 77.8 Å². The van der Waals surface area contributed by atoms with Crippen LogP contribution in [0.25, 0.3) is 10.8 Å². The number of piperazine rings is 1. The number of anilines is 2. The van der Waals surface area contributed by atoms with Gasteiger partial charge < -0.3 is 19.6 Å². The monoisotopic (exact) mass is 562 g/mol. The van der Waals surface area contributed by atoms with Gasteiger partial charge in [0.2, 0.25) is 0 Å². The molecule has 1 amide bonds. The molecule has 3 aromatic carbocycles. The Bertz CT molecular complexity index is 1440. The zero-order valence-corrected chi connectivity index (χ0v) is 23.7. The van der Waals surface area contributed by atoms with Crippen LogP contribution in [-0.2, 0) is 6.54 Å². The van der Waals surface area contributed by atoms with Gasteiger partial charge in [-0.05, 0) is 37.9 Å². The minimum atomic E-state index is -0.111. The predicted molar refractivity (Wildman–Crippen MR) is 160 cm³/mol. The summed E-state index contributed by atoms with van der Waals surface area (Å²) < 4.78 is 0. The topological polar surface area (TPSA) is 55.8 Å². The van der Waals surface area contributed by atoms with Crippen molar-refractivity contribution in [2.75, 3.05) is 63.2 Å². The third-order valence-electron chi connectivity index (χ3n) is 7.04. The van der Waals surface area contributed by atoms with Crippen LogP contribution in [0.15, 0.2) is 72.8 Å². The number of halogens is 2. The lowest BCUT2D eigenvalue weighted by Crippen LogP contribution is -2.47. The van der Waals surface area contributed by atoms with Gasteiger partial charge in [0.15, 0.2) is 11.5 Å². The molecule has 0 radical (unpaired) electrons. The van der Waals surface area contributed by atoms with Gasteiger partial charge >= 0.3 is 0 Å². The molecule has 0 bridgehead atoms. The Hall–Kier alpha value is -3.39. The summed E-state index contributed by atoms with van der Waals surface area (Å²) in [6, 6.07) is 23.7. The number of amides is 1. The summed E-state index contributed by atoms with van der Waals surface area (Å²) in [5.74, 6) is 0.694. The Labute approximate surface area is 239 Å². The largest absolute Gasteiger partial charge is 0.368 e. The first-order valence-electron chi connectivity index (χ1n) is 13.1. The Balaban J connectivity index is 1.39. The fraction of sp³-hybridized carbons (Fsp3) is 0.300. The van der Waals surface area contributed by atoms with Gasteiger partial charge in [-0.2, -0.15) is 0 Å². The molecule has 0 spiro atoms. The average molecular weight is 564 g/mol. The van der Waals surface area contributed by atoms with Crippen LogP contribution in [0.3, 0.4) is 0 Å². The molecule has 5 rings (SSSR count). The van der Waals surface area contributed by atoms with Crippen molar-refractivity contribution in [3.8, 4) is 0 Å². The first-order valence-corrected chi connectivity index (χ1v) is 13.8. The van der Waals surface area contributed by atoms with E-state index in [4.69, 9.17) is 23.2 Å². The van der Waals surface area contributed by atoms with Gasteiger partial charge in [0.05, 0.1) is 10.0 Å². The molecule has 1 aromatic heterocycles. The van der Waals surface area contributed by atoms with E-state index >= 15 is 0 Å². The van der Waals surface area contributed by atoms with E-state index in [9.17, 15) is 4.79 Å². The molecule has 1 aliphatic rings. The lowest BCUT2D eigenvalue weighted by atomic mass is 10.1. The van der Waals surface area contributed by atoms with Crippen LogP contribution in [0.4, 0.5) is 11.5 Å². The van der Waals surface area contributed by atoms with E-state index < -0.39 is 0 Å². The second-order valence-corrected chi connectivity index (χ2v) is 10.8. The summed E-state index contributed by atoms with van der Waals surface area (Å²) in [4.78, 5) is 22.4. The minimum absolute atomic E-state index is 0.111. The molecule has 202 valence electrons.